The molecule has 4 rings (SSSR count). The number of benzene rings is 1. The van der Waals surface area contributed by atoms with Crippen LogP contribution in [-0.2, 0) is 22.4 Å². The largest absolute Gasteiger partial charge is 0.477 e. The quantitative estimate of drug-likeness (QED) is 0.461. The van der Waals surface area contributed by atoms with E-state index < -0.39 is 17.4 Å². The van der Waals surface area contributed by atoms with Crippen LogP contribution in [0, 0.1) is 10.1 Å². The number of nitro groups is 1. The van der Waals surface area contributed by atoms with Gasteiger partial charge in [0.2, 0.25) is 0 Å². The van der Waals surface area contributed by atoms with E-state index in [0.717, 1.165) is 55.6 Å². The van der Waals surface area contributed by atoms with Crippen molar-refractivity contribution in [1.82, 2.24) is 5.32 Å². The van der Waals surface area contributed by atoms with Crippen molar-refractivity contribution in [1.29, 1.82) is 0 Å². The van der Waals surface area contributed by atoms with E-state index in [1.54, 1.807) is 6.07 Å². The minimum atomic E-state index is -0.558. The number of aryl methyl sites for hydroxylation is 1. The van der Waals surface area contributed by atoms with Crippen molar-refractivity contribution in [2.45, 2.75) is 44.6 Å². The topological polar surface area (TPSA) is 120 Å². The Hall–Kier alpha value is -2.98. The van der Waals surface area contributed by atoms with E-state index in [-0.39, 0.29) is 23.4 Å². The maximum absolute atomic E-state index is 13.0. The molecule has 170 valence electrons. The third-order valence-corrected chi connectivity index (χ3v) is 6.79. The zero-order valence-corrected chi connectivity index (χ0v) is 18.4. The molecule has 0 saturated carbocycles. The van der Waals surface area contributed by atoms with E-state index in [1.807, 2.05) is 0 Å². The average molecular weight is 460 g/mol. The summed E-state index contributed by atoms with van der Waals surface area (Å²) in [6, 6.07) is 5.89. The van der Waals surface area contributed by atoms with Crippen LogP contribution in [0.1, 0.15) is 46.5 Å². The first-order chi connectivity index (χ1) is 15.5. The fraction of sp³-hybridized carbons (Fsp3) is 0.455. The van der Waals surface area contributed by atoms with Gasteiger partial charge in [0.1, 0.15) is 5.00 Å². The molecule has 9 nitrogen and oxygen atoms in total. The average Bonchev–Trinajstić information content (AvgIpc) is 3.43. The van der Waals surface area contributed by atoms with Gasteiger partial charge in [0.05, 0.1) is 16.6 Å². The molecule has 10 heteroatoms. The van der Waals surface area contributed by atoms with Gasteiger partial charge < -0.3 is 20.1 Å². The van der Waals surface area contributed by atoms with Gasteiger partial charge in [0, 0.05) is 24.1 Å². The van der Waals surface area contributed by atoms with Gasteiger partial charge in [-0.3, -0.25) is 19.7 Å². The van der Waals surface area contributed by atoms with Crippen LogP contribution in [0.5, 0.6) is 5.75 Å². The molecule has 0 bridgehead atoms. The summed E-state index contributed by atoms with van der Waals surface area (Å²) in [6.07, 6.45) is 5.69. The van der Waals surface area contributed by atoms with Crippen molar-refractivity contribution in [2.75, 3.05) is 25.1 Å². The fourth-order valence-corrected chi connectivity index (χ4v) is 5.33. The minimum Gasteiger partial charge on any atom is -0.477 e. The molecule has 1 saturated heterocycles. The lowest BCUT2D eigenvalue weighted by atomic mass is 9.95. The van der Waals surface area contributed by atoms with Gasteiger partial charge in [-0.25, -0.2) is 0 Å². The van der Waals surface area contributed by atoms with E-state index in [0.29, 0.717) is 17.1 Å². The summed E-state index contributed by atoms with van der Waals surface area (Å²) in [5, 5.41) is 17.4. The summed E-state index contributed by atoms with van der Waals surface area (Å²) in [4.78, 5) is 37.3. The SMILES string of the molecule is O=C(COc1ccccc1[N+](=O)[O-])Nc1sc2c(c1C(=O)NCC1CCCO1)CCCC2. The second kappa shape index (κ2) is 10.1. The summed E-state index contributed by atoms with van der Waals surface area (Å²) < 4.78 is 11.0. The van der Waals surface area contributed by atoms with Crippen molar-refractivity contribution >= 4 is 33.8 Å². The highest BCUT2D eigenvalue weighted by Gasteiger charge is 2.27. The van der Waals surface area contributed by atoms with E-state index in [1.165, 1.54) is 29.5 Å². The number of nitro benzene ring substituents is 1. The van der Waals surface area contributed by atoms with Crippen LogP contribution in [0.4, 0.5) is 10.7 Å². The molecule has 0 spiro atoms. The third-order valence-electron chi connectivity index (χ3n) is 5.59. The Balaban J connectivity index is 1.45. The van der Waals surface area contributed by atoms with Gasteiger partial charge in [0.15, 0.2) is 12.4 Å². The molecule has 0 radical (unpaired) electrons. The Morgan fingerprint density at radius 2 is 2.03 bits per heavy atom. The molecule has 1 aromatic carbocycles. The van der Waals surface area contributed by atoms with E-state index >= 15 is 0 Å². The normalized spacial score (nSPS) is 17.4. The number of anilines is 1. The zero-order chi connectivity index (χ0) is 22.5. The number of fused-ring (bicyclic) bond motifs is 1. The lowest BCUT2D eigenvalue weighted by molar-refractivity contribution is -0.385. The maximum Gasteiger partial charge on any atom is 0.310 e. The summed E-state index contributed by atoms with van der Waals surface area (Å²) in [7, 11) is 0. The minimum absolute atomic E-state index is 0.0210. The molecule has 1 aliphatic carbocycles. The smallest absolute Gasteiger partial charge is 0.310 e. The Morgan fingerprint density at radius 1 is 1.22 bits per heavy atom. The number of nitrogens with zero attached hydrogens (tertiary/aromatic N) is 1. The van der Waals surface area contributed by atoms with E-state index in [9.17, 15) is 19.7 Å². The first-order valence-electron chi connectivity index (χ1n) is 10.7. The van der Waals surface area contributed by atoms with Crippen molar-refractivity contribution in [3.8, 4) is 5.75 Å². The summed E-state index contributed by atoms with van der Waals surface area (Å²) in [5.74, 6) is -0.669. The molecule has 1 fully saturated rings. The molecule has 2 amide bonds. The number of ether oxygens (including phenoxy) is 2. The van der Waals surface area contributed by atoms with Crippen LogP contribution in [0.25, 0.3) is 0 Å². The highest BCUT2D eigenvalue weighted by Crippen LogP contribution is 2.38. The van der Waals surface area contributed by atoms with Crippen molar-refractivity contribution in [2.24, 2.45) is 0 Å². The molecule has 2 N–H and O–H groups in total. The van der Waals surface area contributed by atoms with E-state index in [4.69, 9.17) is 9.47 Å². The van der Waals surface area contributed by atoms with Crippen molar-refractivity contribution in [3.63, 3.8) is 0 Å². The molecule has 2 aliphatic rings. The maximum atomic E-state index is 13.0. The molecular weight excluding hydrogens is 434 g/mol. The van der Waals surface area contributed by atoms with Gasteiger partial charge in [-0.1, -0.05) is 12.1 Å². The molecule has 1 aliphatic heterocycles. The predicted molar refractivity (Wildman–Crippen MR) is 119 cm³/mol. The summed E-state index contributed by atoms with van der Waals surface area (Å²) in [6.45, 7) is 0.761. The first-order valence-corrected chi connectivity index (χ1v) is 11.5. The molecule has 2 heterocycles. The van der Waals surface area contributed by atoms with Crippen LogP contribution in [0.15, 0.2) is 24.3 Å². The number of thiophene rings is 1. The number of carbonyl (C=O) groups is 2. The predicted octanol–water partition coefficient (Wildman–Crippen LogP) is 3.46. The van der Waals surface area contributed by atoms with Gasteiger partial charge in [0.25, 0.3) is 11.8 Å². The van der Waals surface area contributed by atoms with Gasteiger partial charge >= 0.3 is 5.69 Å². The van der Waals surface area contributed by atoms with Crippen molar-refractivity contribution in [3.05, 3.63) is 50.4 Å². The molecule has 1 aromatic heterocycles. The number of para-hydroxylation sites is 2. The second-order valence-corrected chi connectivity index (χ2v) is 8.93. The number of amides is 2. The van der Waals surface area contributed by atoms with E-state index in [2.05, 4.69) is 10.6 Å². The van der Waals surface area contributed by atoms with Crippen LogP contribution >= 0.6 is 11.3 Å². The Bertz CT molecular complexity index is 1020. The second-order valence-electron chi connectivity index (χ2n) is 7.82. The number of carbonyl (C=O) groups excluding carboxylic acids is 2. The number of rotatable bonds is 8. The highest BCUT2D eigenvalue weighted by molar-refractivity contribution is 7.17. The molecule has 32 heavy (non-hydrogen) atoms. The van der Waals surface area contributed by atoms with Crippen LogP contribution in [0.2, 0.25) is 0 Å². The lowest BCUT2D eigenvalue weighted by Crippen LogP contribution is -2.33. The lowest BCUT2D eigenvalue weighted by Gasteiger charge is -2.15. The van der Waals surface area contributed by atoms with Crippen LogP contribution < -0.4 is 15.4 Å². The standard InChI is InChI=1S/C22H25N3O6S/c26-19(13-31-17-9-3-2-8-16(17)25(28)29)24-22-20(15-7-1-4-10-18(15)32-22)21(27)23-12-14-6-5-11-30-14/h2-3,8-9,14H,1,4-7,10-13H2,(H,23,27)(H,24,26). The number of nitrogens with one attached hydrogen (secondary N) is 2. The molecular formula is C22H25N3O6S. The Kier molecular flexibility index (Phi) is 7.01. The van der Waals surface area contributed by atoms with Gasteiger partial charge in [-0.05, 0) is 50.2 Å². The summed E-state index contributed by atoms with van der Waals surface area (Å²) in [5.41, 5.74) is 1.31. The number of hydrogen-bond acceptors (Lipinski definition) is 7. The third kappa shape index (κ3) is 5.08. The van der Waals surface area contributed by atoms with Gasteiger partial charge in [-0.15, -0.1) is 11.3 Å². The Labute approximate surface area is 189 Å². The molecule has 1 unspecified atom stereocenters. The molecule has 2 aromatic rings. The Morgan fingerprint density at radius 3 is 2.81 bits per heavy atom. The number of hydrogen-bond donors (Lipinski definition) is 2. The monoisotopic (exact) mass is 459 g/mol. The zero-order valence-electron chi connectivity index (χ0n) is 17.6. The molecule has 1 atom stereocenters. The van der Waals surface area contributed by atoms with Gasteiger partial charge in [-0.2, -0.15) is 0 Å². The first kappa shape index (κ1) is 22.2. The van der Waals surface area contributed by atoms with Crippen molar-refractivity contribution < 1.29 is 24.0 Å². The fourth-order valence-electron chi connectivity index (χ4n) is 4.03. The highest BCUT2D eigenvalue weighted by atomic mass is 32.1. The van der Waals surface area contributed by atoms with Crippen LogP contribution in [0.3, 0.4) is 0 Å². The summed E-state index contributed by atoms with van der Waals surface area (Å²) >= 11 is 1.42. The van der Waals surface area contributed by atoms with Crippen LogP contribution in [-0.4, -0.2) is 42.6 Å².